The van der Waals surface area contributed by atoms with Crippen LogP contribution in [0.5, 0.6) is 0 Å². The number of aromatic nitrogens is 2. The summed E-state index contributed by atoms with van der Waals surface area (Å²) in [5.74, 6) is 4.68. The first-order valence-electron chi connectivity index (χ1n) is 5.66. The first-order chi connectivity index (χ1) is 9.09. The molecule has 8 heteroatoms. The van der Waals surface area contributed by atoms with E-state index in [0.717, 1.165) is 6.20 Å². The molecule has 0 aromatic carbocycles. The zero-order valence-electron chi connectivity index (χ0n) is 11.2. The SMILES string of the molecule is CC(C)(C)OC(=O)NCC#Cc1cn[nH]c1C(F)(F)F. The lowest BCUT2D eigenvalue weighted by molar-refractivity contribution is -0.141. The third-order valence-electron chi connectivity index (χ3n) is 1.87. The molecule has 1 aromatic rings. The standard InChI is InChI=1S/C12H14F3N3O2/c1-11(2,3)20-10(19)16-6-4-5-8-7-17-18-9(8)12(13,14)15/h7H,6H2,1-3H3,(H,16,19)(H,17,18). The van der Waals surface area contributed by atoms with Crippen LogP contribution in [-0.4, -0.2) is 28.4 Å². The second kappa shape index (κ2) is 5.86. The average Bonchev–Trinajstić information content (AvgIpc) is 2.69. The maximum absolute atomic E-state index is 12.5. The fourth-order valence-electron chi connectivity index (χ4n) is 1.17. The third-order valence-corrected chi connectivity index (χ3v) is 1.87. The molecule has 0 atom stereocenters. The number of amides is 1. The number of rotatable bonds is 1. The molecule has 5 nitrogen and oxygen atoms in total. The monoisotopic (exact) mass is 289 g/mol. The van der Waals surface area contributed by atoms with Crippen molar-refractivity contribution in [2.75, 3.05) is 6.54 Å². The van der Waals surface area contributed by atoms with Gasteiger partial charge in [-0.3, -0.25) is 5.10 Å². The van der Waals surface area contributed by atoms with Crippen molar-refractivity contribution in [3.8, 4) is 11.8 Å². The van der Waals surface area contributed by atoms with Crippen molar-refractivity contribution < 1.29 is 22.7 Å². The van der Waals surface area contributed by atoms with Gasteiger partial charge in [-0.25, -0.2) is 4.79 Å². The third kappa shape index (κ3) is 5.22. The Labute approximate surface area is 113 Å². The van der Waals surface area contributed by atoms with Crippen LogP contribution in [0.2, 0.25) is 0 Å². The highest BCUT2D eigenvalue weighted by Gasteiger charge is 2.35. The molecular weight excluding hydrogens is 275 g/mol. The van der Waals surface area contributed by atoms with E-state index in [4.69, 9.17) is 4.74 Å². The summed E-state index contributed by atoms with van der Waals surface area (Å²) in [6, 6.07) is 0. The molecule has 0 aliphatic rings. The molecule has 2 N–H and O–H groups in total. The topological polar surface area (TPSA) is 67.0 Å². The van der Waals surface area contributed by atoms with Crippen LogP contribution in [0.15, 0.2) is 6.20 Å². The quantitative estimate of drug-likeness (QED) is 0.780. The van der Waals surface area contributed by atoms with Gasteiger partial charge in [0.05, 0.1) is 18.3 Å². The van der Waals surface area contributed by atoms with Gasteiger partial charge in [-0.15, -0.1) is 0 Å². The van der Waals surface area contributed by atoms with Gasteiger partial charge in [0.25, 0.3) is 0 Å². The van der Waals surface area contributed by atoms with E-state index in [1.54, 1.807) is 20.8 Å². The zero-order chi connectivity index (χ0) is 15.4. The summed E-state index contributed by atoms with van der Waals surface area (Å²) < 4.78 is 42.4. The summed E-state index contributed by atoms with van der Waals surface area (Å²) in [5, 5.41) is 7.44. The van der Waals surface area contributed by atoms with Gasteiger partial charge in [0, 0.05) is 0 Å². The normalized spacial score (nSPS) is 11.5. The smallest absolute Gasteiger partial charge is 0.434 e. The Bertz CT molecular complexity index is 533. The Balaban J connectivity index is 2.56. The maximum Gasteiger partial charge on any atom is 0.434 e. The number of alkyl halides is 3. The molecule has 110 valence electrons. The zero-order valence-corrected chi connectivity index (χ0v) is 11.2. The van der Waals surface area contributed by atoms with E-state index in [0.29, 0.717) is 0 Å². The molecule has 1 aromatic heterocycles. The second-order valence-electron chi connectivity index (χ2n) is 4.81. The van der Waals surface area contributed by atoms with Crippen LogP contribution in [0, 0.1) is 11.8 Å². The van der Waals surface area contributed by atoms with Crippen molar-refractivity contribution >= 4 is 6.09 Å². The number of carbonyl (C=O) groups is 1. The van der Waals surface area contributed by atoms with Crippen molar-refractivity contribution in [1.29, 1.82) is 0 Å². The van der Waals surface area contributed by atoms with E-state index in [2.05, 4.69) is 22.3 Å². The minimum absolute atomic E-state index is 0.128. The summed E-state index contributed by atoms with van der Waals surface area (Å²) in [4.78, 5) is 11.2. The van der Waals surface area contributed by atoms with Crippen LogP contribution < -0.4 is 5.32 Å². The molecule has 0 saturated carbocycles. The first kappa shape index (κ1) is 15.9. The molecule has 0 aliphatic heterocycles. The van der Waals surface area contributed by atoms with Gasteiger partial charge in [0.1, 0.15) is 5.60 Å². The lowest BCUT2D eigenvalue weighted by Gasteiger charge is -2.18. The predicted octanol–water partition coefficient (Wildman–Crippen LogP) is 2.30. The number of nitrogens with one attached hydrogen (secondary N) is 2. The minimum Gasteiger partial charge on any atom is -0.444 e. The molecule has 0 aliphatic carbocycles. The summed E-state index contributed by atoms with van der Waals surface area (Å²) in [5.41, 5.74) is -1.93. The number of nitrogens with zero attached hydrogens (tertiary/aromatic N) is 1. The Morgan fingerprint density at radius 1 is 1.45 bits per heavy atom. The van der Waals surface area contributed by atoms with E-state index < -0.39 is 23.6 Å². The molecule has 20 heavy (non-hydrogen) atoms. The molecule has 0 spiro atoms. The molecule has 0 saturated heterocycles. The molecule has 1 amide bonds. The van der Waals surface area contributed by atoms with E-state index in [-0.39, 0.29) is 12.1 Å². The fourth-order valence-corrected chi connectivity index (χ4v) is 1.17. The lowest BCUT2D eigenvalue weighted by Crippen LogP contribution is -2.32. The van der Waals surface area contributed by atoms with Gasteiger partial charge >= 0.3 is 12.3 Å². The number of alkyl carbamates (subject to hydrolysis) is 1. The second-order valence-corrected chi connectivity index (χ2v) is 4.81. The van der Waals surface area contributed by atoms with Gasteiger partial charge in [0.15, 0.2) is 5.69 Å². The highest BCUT2D eigenvalue weighted by molar-refractivity contribution is 5.68. The number of hydrogen-bond acceptors (Lipinski definition) is 3. The number of ether oxygens (including phenoxy) is 1. The molecule has 0 fully saturated rings. The van der Waals surface area contributed by atoms with Gasteiger partial charge in [0.2, 0.25) is 0 Å². The molecule has 1 heterocycles. The lowest BCUT2D eigenvalue weighted by atomic mass is 10.2. The van der Waals surface area contributed by atoms with Crippen molar-refractivity contribution in [1.82, 2.24) is 15.5 Å². The largest absolute Gasteiger partial charge is 0.444 e. The first-order valence-corrected chi connectivity index (χ1v) is 5.66. The molecule has 0 unspecified atom stereocenters. The van der Waals surface area contributed by atoms with E-state index in [1.807, 2.05) is 5.10 Å². The Morgan fingerprint density at radius 2 is 2.10 bits per heavy atom. The number of H-pyrrole nitrogens is 1. The van der Waals surface area contributed by atoms with E-state index >= 15 is 0 Å². The van der Waals surface area contributed by atoms with Crippen molar-refractivity contribution in [3.05, 3.63) is 17.5 Å². The van der Waals surface area contributed by atoms with Crippen LogP contribution in [0.3, 0.4) is 0 Å². The van der Waals surface area contributed by atoms with Crippen molar-refractivity contribution in [2.24, 2.45) is 0 Å². The van der Waals surface area contributed by atoms with Crippen LogP contribution >= 0.6 is 0 Å². The average molecular weight is 289 g/mol. The Morgan fingerprint density at radius 3 is 2.65 bits per heavy atom. The van der Waals surface area contributed by atoms with Crippen LogP contribution in [-0.2, 0) is 10.9 Å². The van der Waals surface area contributed by atoms with Gasteiger partial charge in [-0.2, -0.15) is 18.3 Å². The van der Waals surface area contributed by atoms with Gasteiger partial charge < -0.3 is 10.1 Å². The van der Waals surface area contributed by atoms with E-state index in [9.17, 15) is 18.0 Å². The molecular formula is C12H14F3N3O2. The van der Waals surface area contributed by atoms with Crippen molar-refractivity contribution in [2.45, 2.75) is 32.5 Å². The van der Waals surface area contributed by atoms with E-state index in [1.165, 1.54) is 0 Å². The minimum atomic E-state index is -4.54. The Hall–Kier alpha value is -2.17. The number of hydrogen-bond donors (Lipinski definition) is 2. The highest BCUT2D eigenvalue weighted by atomic mass is 19.4. The molecule has 0 bridgehead atoms. The van der Waals surface area contributed by atoms with Crippen LogP contribution in [0.4, 0.5) is 18.0 Å². The highest BCUT2D eigenvalue weighted by Crippen LogP contribution is 2.29. The maximum atomic E-state index is 12.5. The molecule has 1 rings (SSSR count). The van der Waals surface area contributed by atoms with Gasteiger partial charge in [-0.1, -0.05) is 11.8 Å². The number of halogens is 3. The van der Waals surface area contributed by atoms with Gasteiger partial charge in [-0.05, 0) is 20.8 Å². The summed E-state index contributed by atoms with van der Waals surface area (Å²) in [6.45, 7) is 4.95. The predicted molar refractivity (Wildman–Crippen MR) is 64.7 cm³/mol. The molecule has 0 radical (unpaired) electrons. The van der Waals surface area contributed by atoms with Crippen LogP contribution in [0.25, 0.3) is 0 Å². The number of carbonyl (C=O) groups excluding carboxylic acids is 1. The van der Waals surface area contributed by atoms with Crippen molar-refractivity contribution in [3.63, 3.8) is 0 Å². The van der Waals surface area contributed by atoms with Crippen LogP contribution in [0.1, 0.15) is 32.0 Å². The Kier molecular flexibility index (Phi) is 4.65. The summed E-state index contributed by atoms with van der Waals surface area (Å²) in [6.07, 6.45) is -4.25. The number of aromatic amines is 1. The summed E-state index contributed by atoms with van der Waals surface area (Å²) >= 11 is 0. The summed E-state index contributed by atoms with van der Waals surface area (Å²) in [7, 11) is 0. The fraction of sp³-hybridized carbons (Fsp3) is 0.500.